The number of nitrogens with one attached hydrogen (secondary N) is 2. The molecular weight excluding hydrogens is 380 g/mol. The molecule has 9 heteroatoms. The highest BCUT2D eigenvalue weighted by Gasteiger charge is 2.13. The van der Waals surface area contributed by atoms with Crippen LogP contribution in [0.2, 0.25) is 0 Å². The third-order valence-corrected chi connectivity index (χ3v) is 4.97. The molecule has 2 amide bonds. The van der Waals surface area contributed by atoms with Gasteiger partial charge in [0.05, 0.1) is 18.0 Å². The first-order chi connectivity index (χ1) is 13.1. The smallest absolute Gasteiger partial charge is 0.238 e. The Balaban J connectivity index is 1.87. The van der Waals surface area contributed by atoms with Crippen molar-refractivity contribution in [3.05, 3.63) is 53.6 Å². The van der Waals surface area contributed by atoms with Gasteiger partial charge in [0.2, 0.25) is 21.8 Å². The van der Waals surface area contributed by atoms with Gasteiger partial charge in [-0.1, -0.05) is 18.2 Å². The largest absolute Gasteiger partial charge is 0.325 e. The molecular formula is C19H24N4O4S. The molecule has 0 radical (unpaired) electrons. The summed E-state index contributed by atoms with van der Waals surface area (Å²) < 4.78 is 22.5. The fourth-order valence-corrected chi connectivity index (χ4v) is 3.18. The van der Waals surface area contributed by atoms with Gasteiger partial charge in [0.25, 0.3) is 0 Å². The van der Waals surface area contributed by atoms with E-state index in [1.54, 1.807) is 11.9 Å². The fraction of sp³-hybridized carbons (Fsp3) is 0.263. The van der Waals surface area contributed by atoms with Crippen LogP contribution in [-0.4, -0.2) is 45.3 Å². The van der Waals surface area contributed by atoms with E-state index in [4.69, 9.17) is 5.14 Å². The van der Waals surface area contributed by atoms with Gasteiger partial charge in [0, 0.05) is 11.4 Å². The van der Waals surface area contributed by atoms with Crippen molar-refractivity contribution >= 4 is 33.2 Å². The van der Waals surface area contributed by atoms with E-state index in [0.717, 1.165) is 16.8 Å². The summed E-state index contributed by atoms with van der Waals surface area (Å²) in [6, 6.07) is 11.3. The molecule has 8 nitrogen and oxygen atoms in total. The number of para-hydroxylation sites is 1. The fourth-order valence-electron chi connectivity index (χ4n) is 2.67. The average Bonchev–Trinajstić information content (AvgIpc) is 2.57. The Hall–Kier alpha value is -2.75. The summed E-state index contributed by atoms with van der Waals surface area (Å²) in [5.74, 6) is -0.545. The second kappa shape index (κ2) is 8.96. The number of carbonyl (C=O) groups is 2. The Kier molecular flexibility index (Phi) is 6.90. The lowest BCUT2D eigenvalue weighted by Crippen LogP contribution is -2.36. The molecule has 0 fully saturated rings. The van der Waals surface area contributed by atoms with Crippen molar-refractivity contribution in [3.8, 4) is 0 Å². The van der Waals surface area contributed by atoms with Crippen LogP contribution in [0.25, 0.3) is 0 Å². The minimum Gasteiger partial charge on any atom is -0.325 e. The van der Waals surface area contributed by atoms with E-state index in [0.29, 0.717) is 5.69 Å². The van der Waals surface area contributed by atoms with E-state index >= 15 is 0 Å². The number of nitrogens with zero attached hydrogens (tertiary/aromatic N) is 1. The minimum atomic E-state index is -3.78. The molecule has 28 heavy (non-hydrogen) atoms. The van der Waals surface area contributed by atoms with Crippen molar-refractivity contribution in [1.29, 1.82) is 0 Å². The molecule has 0 aliphatic carbocycles. The maximum atomic E-state index is 12.2. The van der Waals surface area contributed by atoms with Gasteiger partial charge in [-0.15, -0.1) is 0 Å². The molecule has 0 saturated carbocycles. The summed E-state index contributed by atoms with van der Waals surface area (Å²) in [6.45, 7) is 3.88. The van der Waals surface area contributed by atoms with Crippen molar-refractivity contribution in [1.82, 2.24) is 4.90 Å². The maximum absolute atomic E-state index is 12.2. The second-order valence-corrected chi connectivity index (χ2v) is 8.17. The Morgan fingerprint density at radius 3 is 1.93 bits per heavy atom. The summed E-state index contributed by atoms with van der Waals surface area (Å²) in [5, 5.41) is 10.6. The first-order valence-electron chi connectivity index (χ1n) is 8.53. The van der Waals surface area contributed by atoms with Crippen LogP contribution in [0.4, 0.5) is 11.4 Å². The van der Waals surface area contributed by atoms with Crippen LogP contribution in [0.5, 0.6) is 0 Å². The molecule has 0 aliphatic rings. The highest BCUT2D eigenvalue weighted by Crippen LogP contribution is 2.19. The number of aryl methyl sites for hydroxylation is 2. The molecule has 0 aromatic heterocycles. The normalized spacial score (nSPS) is 11.3. The number of nitrogens with two attached hydrogens (primary N) is 1. The van der Waals surface area contributed by atoms with Crippen molar-refractivity contribution in [3.63, 3.8) is 0 Å². The highest BCUT2D eigenvalue weighted by atomic mass is 32.2. The third kappa shape index (κ3) is 6.15. The monoisotopic (exact) mass is 404 g/mol. The zero-order chi connectivity index (χ0) is 20.9. The number of benzene rings is 2. The molecule has 2 rings (SSSR count). The standard InChI is InChI=1S/C19H24N4O4S/c1-13-5-4-6-14(2)19(13)22-18(25)12-23(3)11-17(24)21-15-7-9-16(10-8-15)28(20,26)27/h4-10H,11-12H2,1-3H3,(H,21,24)(H,22,25)(H2,20,26,27). The number of sulfonamides is 1. The van der Waals surface area contributed by atoms with Crippen LogP contribution in [0.1, 0.15) is 11.1 Å². The highest BCUT2D eigenvalue weighted by molar-refractivity contribution is 7.89. The van der Waals surface area contributed by atoms with Crippen molar-refractivity contribution in [2.75, 3.05) is 30.8 Å². The van der Waals surface area contributed by atoms with Crippen molar-refractivity contribution < 1.29 is 18.0 Å². The van der Waals surface area contributed by atoms with Crippen LogP contribution in [0, 0.1) is 13.8 Å². The average molecular weight is 404 g/mol. The van der Waals surface area contributed by atoms with Gasteiger partial charge in [0.1, 0.15) is 0 Å². The van der Waals surface area contributed by atoms with Gasteiger partial charge in [0.15, 0.2) is 0 Å². The number of hydrogen-bond donors (Lipinski definition) is 3. The van der Waals surface area contributed by atoms with E-state index < -0.39 is 10.0 Å². The van der Waals surface area contributed by atoms with E-state index in [9.17, 15) is 18.0 Å². The van der Waals surface area contributed by atoms with Gasteiger partial charge in [-0.2, -0.15) is 0 Å². The second-order valence-electron chi connectivity index (χ2n) is 6.60. The summed E-state index contributed by atoms with van der Waals surface area (Å²) in [6.07, 6.45) is 0. The number of anilines is 2. The van der Waals surface area contributed by atoms with Crippen LogP contribution in [0.3, 0.4) is 0 Å². The van der Waals surface area contributed by atoms with Gasteiger partial charge in [-0.25, -0.2) is 13.6 Å². The molecule has 0 bridgehead atoms. The molecule has 0 spiro atoms. The predicted octanol–water partition coefficient (Wildman–Crippen LogP) is 1.46. The van der Waals surface area contributed by atoms with Crippen LogP contribution < -0.4 is 15.8 Å². The zero-order valence-electron chi connectivity index (χ0n) is 16.0. The molecule has 150 valence electrons. The maximum Gasteiger partial charge on any atom is 0.238 e. The Bertz CT molecular complexity index is 952. The number of hydrogen-bond acceptors (Lipinski definition) is 5. The molecule has 0 unspecified atom stereocenters. The quantitative estimate of drug-likeness (QED) is 0.645. The van der Waals surface area contributed by atoms with Gasteiger partial charge in [-0.3, -0.25) is 14.5 Å². The molecule has 4 N–H and O–H groups in total. The van der Waals surface area contributed by atoms with Gasteiger partial charge >= 0.3 is 0 Å². The molecule has 0 aliphatic heterocycles. The summed E-state index contributed by atoms with van der Waals surface area (Å²) in [4.78, 5) is 25.9. The summed E-state index contributed by atoms with van der Waals surface area (Å²) in [7, 11) is -2.12. The van der Waals surface area contributed by atoms with Crippen LogP contribution >= 0.6 is 0 Å². The van der Waals surface area contributed by atoms with Crippen LogP contribution in [0.15, 0.2) is 47.4 Å². The van der Waals surface area contributed by atoms with E-state index in [2.05, 4.69) is 10.6 Å². The third-order valence-electron chi connectivity index (χ3n) is 4.04. The molecule has 2 aromatic carbocycles. The summed E-state index contributed by atoms with van der Waals surface area (Å²) >= 11 is 0. The minimum absolute atomic E-state index is 0.00286. The lowest BCUT2D eigenvalue weighted by atomic mass is 10.1. The number of likely N-dealkylation sites (N-methyl/N-ethyl adjacent to an activating group) is 1. The van der Waals surface area contributed by atoms with Gasteiger partial charge < -0.3 is 10.6 Å². The van der Waals surface area contributed by atoms with Crippen molar-refractivity contribution in [2.24, 2.45) is 5.14 Å². The molecule has 0 atom stereocenters. The van der Waals surface area contributed by atoms with Gasteiger partial charge in [-0.05, 0) is 56.3 Å². The lowest BCUT2D eigenvalue weighted by Gasteiger charge is -2.17. The Morgan fingerprint density at radius 1 is 0.929 bits per heavy atom. The van der Waals surface area contributed by atoms with Crippen molar-refractivity contribution in [2.45, 2.75) is 18.7 Å². The predicted molar refractivity (Wildman–Crippen MR) is 108 cm³/mol. The molecule has 0 heterocycles. The number of rotatable bonds is 7. The van der Waals surface area contributed by atoms with Crippen LogP contribution in [-0.2, 0) is 19.6 Å². The zero-order valence-corrected chi connectivity index (χ0v) is 16.8. The van der Waals surface area contributed by atoms with E-state index in [-0.39, 0.29) is 29.8 Å². The molecule has 0 saturated heterocycles. The first-order valence-corrected chi connectivity index (χ1v) is 10.1. The number of carbonyl (C=O) groups excluding carboxylic acids is 2. The Labute approximate surface area is 164 Å². The number of primary sulfonamides is 1. The summed E-state index contributed by atoms with van der Waals surface area (Å²) in [5.41, 5.74) is 3.15. The SMILES string of the molecule is Cc1cccc(C)c1NC(=O)CN(C)CC(=O)Nc1ccc(S(N)(=O)=O)cc1. The molecule has 2 aromatic rings. The lowest BCUT2D eigenvalue weighted by molar-refractivity contribution is -0.119. The first kappa shape index (κ1) is 21.5. The van der Waals surface area contributed by atoms with E-state index in [1.165, 1.54) is 24.3 Å². The number of amides is 2. The Morgan fingerprint density at radius 2 is 1.43 bits per heavy atom. The van der Waals surface area contributed by atoms with E-state index in [1.807, 2.05) is 32.0 Å². The topological polar surface area (TPSA) is 122 Å².